The summed E-state index contributed by atoms with van der Waals surface area (Å²) in [4.78, 5) is 43.4. The van der Waals surface area contributed by atoms with Gasteiger partial charge in [0.15, 0.2) is 0 Å². The van der Waals surface area contributed by atoms with Crippen molar-refractivity contribution in [3.8, 4) is 0 Å². The first-order valence-corrected chi connectivity index (χ1v) is 16.0. The predicted octanol–water partition coefficient (Wildman–Crippen LogP) is 5.80. The molecule has 0 spiro atoms. The van der Waals surface area contributed by atoms with Crippen LogP contribution in [0.2, 0.25) is 5.02 Å². The number of benzene rings is 2. The lowest BCUT2D eigenvalue weighted by Crippen LogP contribution is -2.40. The number of rotatable bonds is 7. The Kier molecular flexibility index (Phi) is 10.0. The highest BCUT2D eigenvalue weighted by molar-refractivity contribution is 9.10. The second-order valence-corrected chi connectivity index (χ2v) is 13.1. The van der Waals surface area contributed by atoms with E-state index in [9.17, 15) is 14.4 Å². The number of aromatic nitrogens is 1. The highest BCUT2D eigenvalue weighted by Crippen LogP contribution is 2.46. The molecule has 7 nitrogen and oxygen atoms in total. The Morgan fingerprint density at radius 3 is 2.36 bits per heavy atom. The van der Waals surface area contributed by atoms with Crippen molar-refractivity contribution in [1.82, 2.24) is 15.2 Å². The van der Waals surface area contributed by atoms with Crippen LogP contribution in [0.5, 0.6) is 0 Å². The summed E-state index contributed by atoms with van der Waals surface area (Å²) in [6, 6.07) is 13.7. The summed E-state index contributed by atoms with van der Waals surface area (Å²) < 4.78 is 6.54. The van der Waals surface area contributed by atoms with E-state index in [4.69, 9.17) is 16.6 Å². The van der Waals surface area contributed by atoms with Crippen molar-refractivity contribution in [1.29, 1.82) is 0 Å². The van der Waals surface area contributed by atoms with E-state index in [1.165, 1.54) is 23.8 Å². The van der Waals surface area contributed by atoms with Crippen LogP contribution in [0.15, 0.2) is 57.6 Å². The Balaban J connectivity index is 1.23. The molecule has 2 aromatic carbocycles. The Morgan fingerprint density at radius 2 is 1.67 bits per heavy atom. The van der Waals surface area contributed by atoms with Crippen molar-refractivity contribution in [3.05, 3.63) is 96.1 Å². The van der Waals surface area contributed by atoms with Gasteiger partial charge in [0.2, 0.25) is 11.8 Å². The summed E-state index contributed by atoms with van der Waals surface area (Å²) in [5, 5.41) is 3.26. The molecule has 0 bridgehead atoms. The zero-order chi connectivity index (χ0) is 29.8. The van der Waals surface area contributed by atoms with E-state index >= 15 is 0 Å². The van der Waals surface area contributed by atoms with E-state index < -0.39 is 5.97 Å². The molecular weight excluding hydrogens is 686 g/mol. The van der Waals surface area contributed by atoms with Gasteiger partial charge >= 0.3 is 5.97 Å². The maximum atomic E-state index is 13.2. The highest BCUT2D eigenvalue weighted by Gasteiger charge is 2.36. The largest absolute Gasteiger partial charge is 0.468 e. The van der Waals surface area contributed by atoms with Gasteiger partial charge in [0.25, 0.3) is 0 Å². The number of nitrogens with zero attached hydrogens (tertiary/aromatic N) is 2. The number of hydrogen-bond donors (Lipinski definition) is 1. The van der Waals surface area contributed by atoms with Gasteiger partial charge in [-0.05, 0) is 93.5 Å². The number of carbonyl (C=O) groups is 3. The van der Waals surface area contributed by atoms with Crippen molar-refractivity contribution in [3.63, 3.8) is 0 Å². The first-order chi connectivity index (χ1) is 20.2. The number of aryl methyl sites for hydroxylation is 2. The quantitative estimate of drug-likeness (QED) is 0.312. The first-order valence-electron chi connectivity index (χ1n) is 14.0. The van der Waals surface area contributed by atoms with E-state index in [1.807, 2.05) is 41.4 Å². The van der Waals surface area contributed by atoms with Crippen LogP contribution in [-0.2, 0) is 44.8 Å². The second-order valence-electron chi connectivity index (χ2n) is 10.9. The first kappa shape index (κ1) is 30.7. The molecular formula is C32H32Br2ClN3O4. The predicted molar refractivity (Wildman–Crippen MR) is 169 cm³/mol. The summed E-state index contributed by atoms with van der Waals surface area (Å²) in [7, 11) is 1.28. The fourth-order valence-corrected chi connectivity index (χ4v) is 7.56. The Hall–Kier alpha value is -2.75. The topological polar surface area (TPSA) is 88.6 Å². The lowest BCUT2D eigenvalue weighted by atomic mass is 9.76. The van der Waals surface area contributed by atoms with Gasteiger partial charge in [0, 0.05) is 39.2 Å². The van der Waals surface area contributed by atoms with Crippen molar-refractivity contribution in [2.24, 2.45) is 5.92 Å². The van der Waals surface area contributed by atoms with Gasteiger partial charge in [0.05, 0.1) is 25.6 Å². The average Bonchev–Trinajstić information content (AvgIpc) is 3.13. The number of amides is 2. The van der Waals surface area contributed by atoms with E-state index in [-0.39, 0.29) is 30.7 Å². The minimum absolute atomic E-state index is 0.105. The van der Waals surface area contributed by atoms with E-state index in [0.717, 1.165) is 56.5 Å². The molecule has 1 aromatic heterocycles. The smallest absolute Gasteiger partial charge is 0.325 e. The van der Waals surface area contributed by atoms with Crippen LogP contribution < -0.4 is 5.32 Å². The summed E-state index contributed by atoms with van der Waals surface area (Å²) in [6.45, 7) is 1.24. The van der Waals surface area contributed by atoms with Gasteiger partial charge in [-0.3, -0.25) is 19.4 Å². The molecule has 3 aromatic rings. The van der Waals surface area contributed by atoms with Gasteiger partial charge in [-0.25, -0.2) is 0 Å². The van der Waals surface area contributed by atoms with Crippen LogP contribution in [0.25, 0.3) is 0 Å². The number of esters is 1. The number of nitrogens with one attached hydrogen (secondary N) is 1. The molecule has 1 aliphatic carbocycles. The molecule has 1 fully saturated rings. The van der Waals surface area contributed by atoms with Crippen LogP contribution in [0.1, 0.15) is 52.3 Å². The number of fused-ring (bicyclic) bond motifs is 2. The van der Waals surface area contributed by atoms with Gasteiger partial charge in [0.1, 0.15) is 6.54 Å². The monoisotopic (exact) mass is 715 g/mol. The fraction of sp³-hybridized carbons (Fsp3) is 0.375. The van der Waals surface area contributed by atoms with Crippen molar-refractivity contribution in [2.75, 3.05) is 26.7 Å². The summed E-state index contributed by atoms with van der Waals surface area (Å²) >= 11 is 13.9. The molecule has 1 N–H and O–H groups in total. The SMILES string of the molecule is COC(=O)CNC(=O)Cc1ccc(CC(=O)N2CCC([C@H]3c4ncc(Br)cc4CCc4cc(Cl)cc(Br)c43)CC2)cc1. The zero-order valence-electron chi connectivity index (χ0n) is 23.3. The van der Waals surface area contributed by atoms with Gasteiger partial charge in [-0.1, -0.05) is 51.8 Å². The molecule has 2 aliphatic rings. The van der Waals surface area contributed by atoms with Gasteiger partial charge < -0.3 is 15.0 Å². The Bertz CT molecular complexity index is 1490. The van der Waals surface area contributed by atoms with E-state index in [0.29, 0.717) is 25.4 Å². The van der Waals surface area contributed by atoms with Crippen molar-refractivity contribution in [2.45, 2.75) is 44.4 Å². The van der Waals surface area contributed by atoms with Crippen LogP contribution in [-0.4, -0.2) is 54.4 Å². The average molecular weight is 718 g/mol. The van der Waals surface area contributed by atoms with Crippen LogP contribution in [0, 0.1) is 5.92 Å². The molecule has 2 amide bonds. The molecule has 42 heavy (non-hydrogen) atoms. The number of likely N-dealkylation sites (tertiary alicyclic amines) is 1. The van der Waals surface area contributed by atoms with Crippen LogP contribution >= 0.6 is 43.5 Å². The minimum Gasteiger partial charge on any atom is -0.468 e. The number of carbonyl (C=O) groups excluding carboxylic acids is 3. The lowest BCUT2D eigenvalue weighted by Gasteiger charge is -2.37. The lowest BCUT2D eigenvalue weighted by molar-refractivity contribution is -0.141. The third kappa shape index (κ3) is 7.24. The third-order valence-corrected chi connectivity index (χ3v) is 9.49. The summed E-state index contributed by atoms with van der Waals surface area (Å²) in [5.41, 5.74) is 6.64. The standard InChI is InChI=1S/C32H32Br2ClN3O4/c1-42-29(41)18-36-27(39)12-19-2-4-20(5-3-19)13-28(40)38-10-8-21(9-11-38)31-30-22(15-25(35)16-26(30)34)6-7-23-14-24(33)17-37-32(23)31/h2-5,14-17,21,31H,6-13,18H2,1H3,(H,36,39)/t31-/m1/s1. The number of pyridine rings is 1. The normalized spacial score (nSPS) is 16.7. The molecule has 10 heteroatoms. The Labute approximate surface area is 267 Å². The summed E-state index contributed by atoms with van der Waals surface area (Å²) in [6.07, 6.45) is 5.95. The molecule has 1 aliphatic heterocycles. The second kappa shape index (κ2) is 13.7. The van der Waals surface area contributed by atoms with E-state index in [1.54, 1.807) is 0 Å². The zero-order valence-corrected chi connectivity index (χ0v) is 27.2. The third-order valence-electron chi connectivity index (χ3n) is 8.18. The van der Waals surface area contributed by atoms with E-state index in [2.05, 4.69) is 54.0 Å². The van der Waals surface area contributed by atoms with Crippen molar-refractivity contribution >= 4 is 61.2 Å². The number of hydrogen-bond acceptors (Lipinski definition) is 5. The molecule has 1 saturated heterocycles. The van der Waals surface area contributed by atoms with Crippen LogP contribution in [0.3, 0.4) is 0 Å². The summed E-state index contributed by atoms with van der Waals surface area (Å²) in [5.74, 6) is -0.169. The number of halogens is 3. The maximum absolute atomic E-state index is 13.2. The van der Waals surface area contributed by atoms with Gasteiger partial charge in [-0.2, -0.15) is 0 Å². The molecule has 220 valence electrons. The molecule has 0 saturated carbocycles. The molecule has 0 unspecified atom stereocenters. The molecule has 0 radical (unpaired) electrons. The minimum atomic E-state index is -0.493. The number of methoxy groups -OCH3 is 1. The number of ether oxygens (including phenoxy) is 1. The van der Waals surface area contributed by atoms with Gasteiger partial charge in [-0.15, -0.1) is 0 Å². The molecule has 5 rings (SSSR count). The maximum Gasteiger partial charge on any atom is 0.325 e. The molecule has 2 heterocycles. The van der Waals surface area contributed by atoms with Crippen molar-refractivity contribution < 1.29 is 19.1 Å². The molecule has 1 atom stereocenters. The highest BCUT2D eigenvalue weighted by atomic mass is 79.9. The van der Waals surface area contributed by atoms with Crippen LogP contribution in [0.4, 0.5) is 0 Å². The number of piperidine rings is 1. The fourth-order valence-electron chi connectivity index (χ4n) is 6.06. The Morgan fingerprint density at radius 1 is 1.00 bits per heavy atom.